The first-order chi connectivity index (χ1) is 7.42. The molecule has 2 atom stereocenters. The monoisotopic (exact) mass is 266 g/mol. The number of alkyl halides is 1. The first-order valence-corrected chi connectivity index (χ1v) is 6.76. The number of hydrogen-bond donors (Lipinski definition) is 0. The van der Waals surface area contributed by atoms with Crippen LogP contribution in [0.25, 0.3) is 0 Å². The Morgan fingerprint density at radius 3 is 2.31 bits per heavy atom. The van der Waals surface area contributed by atoms with Gasteiger partial charge >= 0.3 is 7.60 Å². The molecule has 0 saturated heterocycles. The molecule has 0 aliphatic heterocycles. The summed E-state index contributed by atoms with van der Waals surface area (Å²) in [5.41, 5.74) is 0. The van der Waals surface area contributed by atoms with Gasteiger partial charge in [0.25, 0.3) is 0 Å². The maximum Gasteiger partial charge on any atom is 0.355 e. The molecule has 4 nitrogen and oxygen atoms in total. The molecule has 6 heteroatoms. The highest BCUT2D eigenvalue weighted by molar-refractivity contribution is 7.57. The van der Waals surface area contributed by atoms with Gasteiger partial charge in [0, 0.05) is 26.6 Å². The molecule has 0 fully saturated rings. The minimum Gasteiger partial charge on any atom is -0.311 e. The van der Waals surface area contributed by atoms with Gasteiger partial charge in [-0.25, -0.2) is 0 Å². The number of halogens is 1. The second-order valence-corrected chi connectivity index (χ2v) is 6.24. The van der Waals surface area contributed by atoms with Gasteiger partial charge in [0.1, 0.15) is 0 Å². The van der Waals surface area contributed by atoms with E-state index in [2.05, 4.69) is 20.9 Å². The Labute approximate surface area is 101 Å². The van der Waals surface area contributed by atoms with Gasteiger partial charge in [-0.3, -0.25) is 9.36 Å². The lowest BCUT2D eigenvalue weighted by atomic mass is 10.0. The highest BCUT2D eigenvalue weighted by atomic mass is 35.5. The molecular formula is C10H16ClO4P. The third-order valence-corrected chi connectivity index (χ3v) is 4.85. The Kier molecular flexibility index (Phi) is 6.94. The molecule has 0 aliphatic carbocycles. The summed E-state index contributed by atoms with van der Waals surface area (Å²) in [5, 5.41) is -1.28. The third-order valence-electron chi connectivity index (χ3n) is 2.09. The molecule has 0 N–H and O–H groups in total. The Morgan fingerprint density at radius 1 is 1.44 bits per heavy atom. The van der Waals surface area contributed by atoms with Gasteiger partial charge in [-0.1, -0.05) is 6.92 Å². The van der Waals surface area contributed by atoms with Crippen molar-refractivity contribution in [1.29, 1.82) is 0 Å². The van der Waals surface area contributed by atoms with Crippen LogP contribution in [0.5, 0.6) is 0 Å². The van der Waals surface area contributed by atoms with E-state index in [-0.39, 0.29) is 5.78 Å². The molecule has 0 spiro atoms. The van der Waals surface area contributed by atoms with Gasteiger partial charge in [-0.2, -0.15) is 0 Å². The smallest absolute Gasteiger partial charge is 0.311 e. The van der Waals surface area contributed by atoms with Crippen LogP contribution < -0.4 is 0 Å². The van der Waals surface area contributed by atoms with Crippen LogP contribution in [0.2, 0.25) is 0 Å². The lowest BCUT2D eigenvalue weighted by Crippen LogP contribution is -2.23. The topological polar surface area (TPSA) is 52.6 Å². The molecule has 0 saturated carbocycles. The number of rotatable bonds is 6. The number of hydrogen-bond acceptors (Lipinski definition) is 4. The summed E-state index contributed by atoms with van der Waals surface area (Å²) in [6.07, 6.45) is 0.381. The maximum absolute atomic E-state index is 11.8. The van der Waals surface area contributed by atoms with Gasteiger partial charge in [-0.15, -0.1) is 23.4 Å². The van der Waals surface area contributed by atoms with E-state index < -0.39 is 18.6 Å². The summed E-state index contributed by atoms with van der Waals surface area (Å²) in [6.45, 7) is 3.36. The number of carbonyl (C=O) groups is 1. The van der Waals surface area contributed by atoms with Crippen LogP contribution in [-0.2, 0) is 18.4 Å². The van der Waals surface area contributed by atoms with Crippen LogP contribution in [0.15, 0.2) is 0 Å². The molecule has 0 aromatic carbocycles. The zero-order valence-corrected chi connectivity index (χ0v) is 11.5. The van der Waals surface area contributed by atoms with Crippen LogP contribution in [0.1, 0.15) is 20.3 Å². The third kappa shape index (κ3) is 3.92. The first-order valence-electron chi connectivity index (χ1n) is 4.71. The van der Waals surface area contributed by atoms with E-state index in [1.807, 2.05) is 0 Å². The standard InChI is InChI=1S/C10H16ClO4P/c1-5-6-7-8(2)9(12)10(11)16(13,14-3)15-4/h8,10H,7H2,1-4H3. The van der Waals surface area contributed by atoms with Crippen molar-refractivity contribution >= 4 is 25.0 Å². The summed E-state index contributed by atoms with van der Waals surface area (Å²) in [4.78, 5) is 11.8. The zero-order valence-electron chi connectivity index (χ0n) is 9.82. The number of ketones is 1. The predicted octanol–water partition coefficient (Wildman–Crippen LogP) is 2.66. The molecule has 0 aliphatic rings. The number of carbonyl (C=O) groups excluding carboxylic acids is 1. The molecule has 0 bridgehead atoms. The van der Waals surface area contributed by atoms with Gasteiger partial charge in [-0.05, 0) is 6.92 Å². The Morgan fingerprint density at radius 2 is 1.94 bits per heavy atom. The average Bonchev–Trinajstić information content (AvgIpc) is 2.32. The highest BCUT2D eigenvalue weighted by Gasteiger charge is 2.39. The molecular weight excluding hydrogens is 251 g/mol. The van der Waals surface area contributed by atoms with Crippen molar-refractivity contribution in [3.63, 3.8) is 0 Å². The number of Topliss-reactive ketones (excluding diaryl/α,β-unsaturated/α-hetero) is 1. The molecule has 16 heavy (non-hydrogen) atoms. The second-order valence-electron chi connectivity index (χ2n) is 3.18. The second kappa shape index (κ2) is 7.09. The summed E-state index contributed by atoms with van der Waals surface area (Å²) >= 11 is 5.80. The fourth-order valence-corrected chi connectivity index (χ4v) is 2.78. The summed E-state index contributed by atoms with van der Waals surface area (Å²) in [5.74, 6) is 4.68. The molecule has 0 radical (unpaired) electrons. The van der Waals surface area contributed by atoms with Crippen molar-refractivity contribution in [2.75, 3.05) is 14.2 Å². The van der Waals surface area contributed by atoms with Crippen molar-refractivity contribution in [3.8, 4) is 11.8 Å². The van der Waals surface area contributed by atoms with Crippen LogP contribution in [0, 0.1) is 17.8 Å². The molecule has 92 valence electrons. The van der Waals surface area contributed by atoms with Gasteiger partial charge in [0.2, 0.25) is 0 Å². The van der Waals surface area contributed by atoms with Gasteiger partial charge in [0.05, 0.1) is 0 Å². The Bertz CT molecular complexity index is 336. The van der Waals surface area contributed by atoms with E-state index in [1.54, 1.807) is 13.8 Å². The molecule has 0 rings (SSSR count). The average molecular weight is 267 g/mol. The van der Waals surface area contributed by atoms with Gasteiger partial charge in [0.15, 0.2) is 10.9 Å². The minimum absolute atomic E-state index is 0.378. The van der Waals surface area contributed by atoms with Crippen molar-refractivity contribution < 1.29 is 18.4 Å². The van der Waals surface area contributed by atoms with E-state index in [1.165, 1.54) is 14.2 Å². The largest absolute Gasteiger partial charge is 0.355 e. The predicted molar refractivity (Wildman–Crippen MR) is 63.5 cm³/mol. The van der Waals surface area contributed by atoms with E-state index in [0.717, 1.165) is 0 Å². The van der Waals surface area contributed by atoms with E-state index in [4.69, 9.17) is 11.6 Å². The van der Waals surface area contributed by atoms with Crippen LogP contribution >= 0.6 is 19.2 Å². The molecule has 2 unspecified atom stereocenters. The highest BCUT2D eigenvalue weighted by Crippen LogP contribution is 2.54. The van der Waals surface area contributed by atoms with Crippen LogP contribution in [-0.4, -0.2) is 25.1 Å². The lowest BCUT2D eigenvalue weighted by molar-refractivity contribution is -0.120. The normalized spacial score (nSPS) is 14.8. The van der Waals surface area contributed by atoms with Crippen molar-refractivity contribution in [2.24, 2.45) is 5.92 Å². The molecule has 0 amide bonds. The fraction of sp³-hybridized carbons (Fsp3) is 0.700. The van der Waals surface area contributed by atoms with Gasteiger partial charge < -0.3 is 9.05 Å². The fourth-order valence-electron chi connectivity index (χ4n) is 1.01. The zero-order chi connectivity index (χ0) is 12.8. The Hall–Kier alpha value is -0.330. The van der Waals surface area contributed by atoms with E-state index in [9.17, 15) is 9.36 Å². The van der Waals surface area contributed by atoms with Crippen molar-refractivity contribution in [3.05, 3.63) is 0 Å². The van der Waals surface area contributed by atoms with Crippen molar-refractivity contribution in [2.45, 2.75) is 25.4 Å². The van der Waals surface area contributed by atoms with E-state index >= 15 is 0 Å². The van der Waals surface area contributed by atoms with Crippen LogP contribution in [0.4, 0.5) is 0 Å². The molecule has 0 aromatic rings. The minimum atomic E-state index is -3.55. The summed E-state index contributed by atoms with van der Waals surface area (Å²) < 4.78 is 21.2. The Balaban J connectivity index is 4.70. The van der Waals surface area contributed by atoms with Crippen molar-refractivity contribution in [1.82, 2.24) is 0 Å². The molecule has 0 aromatic heterocycles. The van der Waals surface area contributed by atoms with E-state index in [0.29, 0.717) is 6.42 Å². The molecule has 0 heterocycles. The summed E-state index contributed by atoms with van der Waals surface area (Å²) in [7, 11) is -1.15. The SMILES string of the molecule is CC#CCC(C)C(=O)C(Cl)P(=O)(OC)OC. The first kappa shape index (κ1) is 15.7. The van der Waals surface area contributed by atoms with Crippen LogP contribution in [0.3, 0.4) is 0 Å². The maximum atomic E-state index is 11.8. The quantitative estimate of drug-likeness (QED) is 0.421. The summed E-state index contributed by atoms with van der Waals surface area (Å²) in [6, 6.07) is 0. The lowest BCUT2D eigenvalue weighted by Gasteiger charge is -2.20.